The molecule has 0 radical (unpaired) electrons. The second kappa shape index (κ2) is 9.32. The van der Waals surface area contributed by atoms with E-state index in [0.717, 1.165) is 10.6 Å². The molecule has 8 nitrogen and oxygen atoms in total. The molecule has 0 aliphatic carbocycles. The van der Waals surface area contributed by atoms with E-state index in [1.54, 1.807) is 30.0 Å². The summed E-state index contributed by atoms with van der Waals surface area (Å²) in [5, 5.41) is 0.879. The molecule has 1 aromatic heterocycles. The molecule has 0 saturated carbocycles. The van der Waals surface area contributed by atoms with Gasteiger partial charge in [-0.2, -0.15) is 0 Å². The number of hydrogen-bond donors (Lipinski definition) is 1. The van der Waals surface area contributed by atoms with E-state index in [9.17, 15) is 9.59 Å². The van der Waals surface area contributed by atoms with Crippen molar-refractivity contribution in [1.29, 1.82) is 0 Å². The summed E-state index contributed by atoms with van der Waals surface area (Å²) in [6, 6.07) is 4.48. The summed E-state index contributed by atoms with van der Waals surface area (Å²) in [4.78, 5) is 31.7. The van der Waals surface area contributed by atoms with Crippen molar-refractivity contribution < 1.29 is 23.8 Å². The van der Waals surface area contributed by atoms with Gasteiger partial charge < -0.3 is 19.9 Å². The average molecular weight is 468 g/mol. The molecular weight excluding hydrogens is 442 g/mol. The van der Waals surface area contributed by atoms with E-state index in [1.165, 1.54) is 11.3 Å². The summed E-state index contributed by atoms with van der Waals surface area (Å²) in [5.41, 5.74) is 6.76. The van der Waals surface area contributed by atoms with Crippen molar-refractivity contribution in [2.45, 2.75) is 45.8 Å². The van der Waals surface area contributed by atoms with E-state index < -0.39 is 23.7 Å². The second-order valence-corrected chi connectivity index (χ2v) is 9.46. The molecule has 3 rings (SSSR count). The number of thiazole rings is 1. The van der Waals surface area contributed by atoms with E-state index in [4.69, 9.17) is 31.5 Å². The first kappa shape index (κ1) is 23.1. The second-order valence-electron chi connectivity index (χ2n) is 7.97. The lowest BCUT2D eigenvalue weighted by Crippen LogP contribution is -2.43. The number of hydrogen-bond acceptors (Lipinski definition) is 8. The van der Waals surface area contributed by atoms with Crippen LogP contribution in [0.2, 0.25) is 5.02 Å². The third-order valence-corrected chi connectivity index (χ3v) is 5.65. The van der Waals surface area contributed by atoms with E-state index in [0.29, 0.717) is 34.4 Å². The lowest BCUT2D eigenvalue weighted by molar-refractivity contribution is -0.145. The maximum Gasteiger partial charge on any atom is 0.411 e. The summed E-state index contributed by atoms with van der Waals surface area (Å²) in [6.45, 7) is 7.54. The molecule has 168 valence electrons. The Hall–Kier alpha value is -2.52. The van der Waals surface area contributed by atoms with Crippen LogP contribution in [0.3, 0.4) is 0 Å². The first-order valence-corrected chi connectivity index (χ1v) is 11.1. The number of aromatic nitrogens is 1. The number of benzene rings is 1. The van der Waals surface area contributed by atoms with Gasteiger partial charge in [-0.05, 0) is 45.9 Å². The summed E-state index contributed by atoms with van der Waals surface area (Å²) in [6.07, 6.45) is 0.0877. The molecule has 1 aromatic carbocycles. The Morgan fingerprint density at radius 1 is 1.35 bits per heavy atom. The topological polar surface area (TPSA) is 104 Å². The van der Waals surface area contributed by atoms with Crippen molar-refractivity contribution >= 4 is 40.1 Å². The highest BCUT2D eigenvalue weighted by molar-refractivity contribution is 7.15. The van der Waals surface area contributed by atoms with Gasteiger partial charge in [-0.3, -0.25) is 4.90 Å². The van der Waals surface area contributed by atoms with Crippen LogP contribution in [0.1, 0.15) is 49.9 Å². The quantitative estimate of drug-likeness (QED) is 0.657. The number of carbonyl (C=O) groups excluding carboxylic acids is 2. The third kappa shape index (κ3) is 5.59. The molecule has 0 fully saturated rings. The number of rotatable bonds is 5. The standard InChI is InChI=1S/C21H26ClN3O5S/c1-5-28-16(26)11-29-15-7-6-12(22)10-13(15)17-18-14(24-19(23)31-18)8-9-25(17)20(27)30-21(2,3)4/h6-7,10,17H,5,8-9,11H2,1-4H3,(H2,23,24). The molecule has 1 amide bonds. The maximum absolute atomic E-state index is 13.1. The number of amides is 1. The number of fused-ring (bicyclic) bond motifs is 1. The Labute approximate surface area is 190 Å². The predicted octanol–water partition coefficient (Wildman–Crippen LogP) is 4.20. The first-order chi connectivity index (χ1) is 14.6. The molecule has 2 N–H and O–H groups in total. The van der Waals surface area contributed by atoms with Crippen LogP contribution in [-0.2, 0) is 20.7 Å². The summed E-state index contributed by atoms with van der Waals surface area (Å²) >= 11 is 7.60. The fourth-order valence-electron chi connectivity index (χ4n) is 3.30. The highest BCUT2D eigenvalue weighted by Crippen LogP contribution is 2.44. The zero-order valence-electron chi connectivity index (χ0n) is 17.9. The van der Waals surface area contributed by atoms with Crippen molar-refractivity contribution in [3.63, 3.8) is 0 Å². The Morgan fingerprint density at radius 3 is 2.77 bits per heavy atom. The highest BCUT2D eigenvalue weighted by Gasteiger charge is 2.38. The van der Waals surface area contributed by atoms with Gasteiger partial charge in [0.05, 0.1) is 17.2 Å². The number of anilines is 1. The molecule has 1 atom stereocenters. The van der Waals surface area contributed by atoms with Gasteiger partial charge in [0.1, 0.15) is 17.4 Å². The van der Waals surface area contributed by atoms with Crippen molar-refractivity contribution in [3.05, 3.63) is 39.4 Å². The minimum absolute atomic E-state index is 0.258. The van der Waals surface area contributed by atoms with E-state index >= 15 is 0 Å². The number of nitrogens with zero attached hydrogens (tertiary/aromatic N) is 2. The molecule has 0 saturated heterocycles. The predicted molar refractivity (Wildman–Crippen MR) is 119 cm³/mol. The monoisotopic (exact) mass is 467 g/mol. The number of ether oxygens (including phenoxy) is 3. The molecular formula is C21H26ClN3O5S. The van der Waals surface area contributed by atoms with E-state index in [1.807, 2.05) is 20.8 Å². The Balaban J connectivity index is 2.04. The molecule has 1 aliphatic rings. The van der Waals surface area contributed by atoms with Gasteiger partial charge in [-0.1, -0.05) is 22.9 Å². The van der Waals surface area contributed by atoms with Gasteiger partial charge in [0, 0.05) is 23.6 Å². The molecule has 2 aromatic rings. The smallest absolute Gasteiger partial charge is 0.411 e. The number of nitrogen functional groups attached to an aromatic ring is 1. The lowest BCUT2D eigenvalue weighted by Gasteiger charge is -2.37. The van der Waals surface area contributed by atoms with Gasteiger partial charge in [-0.15, -0.1) is 0 Å². The SMILES string of the molecule is CCOC(=O)COc1ccc(Cl)cc1C1c2sc(N)nc2CCN1C(=O)OC(C)(C)C. The number of carbonyl (C=O) groups is 2. The van der Waals surface area contributed by atoms with Crippen LogP contribution in [0.15, 0.2) is 18.2 Å². The van der Waals surface area contributed by atoms with Gasteiger partial charge >= 0.3 is 12.1 Å². The normalized spacial score (nSPS) is 15.9. The van der Waals surface area contributed by atoms with Crippen LogP contribution < -0.4 is 10.5 Å². The fourth-order valence-corrected chi connectivity index (χ4v) is 4.50. The van der Waals surface area contributed by atoms with Gasteiger partial charge in [0.2, 0.25) is 0 Å². The van der Waals surface area contributed by atoms with Crippen molar-refractivity contribution in [2.24, 2.45) is 0 Å². The minimum atomic E-state index is -0.661. The Morgan fingerprint density at radius 2 is 2.10 bits per heavy atom. The Kier molecular flexibility index (Phi) is 6.96. The average Bonchev–Trinajstić information content (AvgIpc) is 3.05. The van der Waals surface area contributed by atoms with Gasteiger partial charge in [0.25, 0.3) is 0 Å². The van der Waals surface area contributed by atoms with Crippen LogP contribution >= 0.6 is 22.9 Å². The van der Waals surface area contributed by atoms with Crippen LogP contribution in [0.25, 0.3) is 0 Å². The summed E-state index contributed by atoms with van der Waals surface area (Å²) < 4.78 is 16.3. The fraction of sp³-hybridized carbons (Fsp3) is 0.476. The van der Waals surface area contributed by atoms with Crippen LogP contribution in [0, 0.1) is 0 Å². The zero-order valence-corrected chi connectivity index (χ0v) is 19.5. The Bertz CT molecular complexity index is 972. The molecule has 31 heavy (non-hydrogen) atoms. The number of halogens is 1. The molecule has 0 bridgehead atoms. The third-order valence-electron chi connectivity index (χ3n) is 4.44. The summed E-state index contributed by atoms with van der Waals surface area (Å²) in [7, 11) is 0. The molecule has 1 unspecified atom stereocenters. The lowest BCUT2D eigenvalue weighted by atomic mass is 9.97. The van der Waals surface area contributed by atoms with E-state index in [2.05, 4.69) is 4.98 Å². The van der Waals surface area contributed by atoms with Crippen molar-refractivity contribution in [3.8, 4) is 5.75 Å². The largest absolute Gasteiger partial charge is 0.482 e. The summed E-state index contributed by atoms with van der Waals surface area (Å²) in [5.74, 6) is -0.0744. The van der Waals surface area contributed by atoms with Crippen LogP contribution in [0.5, 0.6) is 5.75 Å². The maximum atomic E-state index is 13.1. The van der Waals surface area contributed by atoms with Gasteiger partial charge in [0.15, 0.2) is 11.7 Å². The van der Waals surface area contributed by atoms with Gasteiger partial charge in [-0.25, -0.2) is 14.6 Å². The molecule has 1 aliphatic heterocycles. The van der Waals surface area contributed by atoms with Crippen LogP contribution in [0.4, 0.5) is 9.93 Å². The minimum Gasteiger partial charge on any atom is -0.482 e. The van der Waals surface area contributed by atoms with Crippen molar-refractivity contribution in [1.82, 2.24) is 9.88 Å². The van der Waals surface area contributed by atoms with Crippen molar-refractivity contribution in [2.75, 3.05) is 25.5 Å². The van der Waals surface area contributed by atoms with E-state index in [-0.39, 0.29) is 13.2 Å². The number of esters is 1. The molecule has 10 heteroatoms. The molecule has 2 heterocycles. The van der Waals surface area contributed by atoms with Crippen LogP contribution in [-0.4, -0.2) is 47.3 Å². The first-order valence-electron chi connectivity index (χ1n) is 9.91. The number of nitrogens with two attached hydrogens (primary N) is 1. The molecule has 0 spiro atoms. The zero-order chi connectivity index (χ0) is 22.8. The highest BCUT2D eigenvalue weighted by atomic mass is 35.5.